The second-order valence-corrected chi connectivity index (χ2v) is 7.69. The van der Waals surface area contributed by atoms with Gasteiger partial charge in [0.15, 0.2) is 0 Å². The lowest BCUT2D eigenvalue weighted by molar-refractivity contribution is -0.0120. The Bertz CT molecular complexity index is 485. The van der Waals surface area contributed by atoms with Crippen LogP contribution in [0.5, 0.6) is 0 Å². The first-order valence-corrected chi connectivity index (χ1v) is 8.28. The van der Waals surface area contributed by atoms with Crippen molar-refractivity contribution in [2.45, 2.75) is 38.1 Å². The van der Waals surface area contributed by atoms with Gasteiger partial charge in [0.25, 0.3) is 5.91 Å². The van der Waals surface area contributed by atoms with Crippen molar-refractivity contribution in [1.29, 1.82) is 0 Å². The molecule has 19 heavy (non-hydrogen) atoms. The van der Waals surface area contributed by atoms with E-state index >= 15 is 0 Å². The first-order chi connectivity index (χ1) is 9.20. The summed E-state index contributed by atoms with van der Waals surface area (Å²) in [4.78, 5) is 12.3. The summed E-state index contributed by atoms with van der Waals surface area (Å²) >= 11 is 2.15. The fourth-order valence-corrected chi connectivity index (χ4v) is 5.32. The summed E-state index contributed by atoms with van der Waals surface area (Å²) in [5.41, 5.74) is 0.620. The number of nitrogens with zero attached hydrogens (tertiary/aromatic N) is 1. The highest BCUT2D eigenvalue weighted by atomic mass is 127. The number of H-pyrrole nitrogens is 1. The molecule has 0 spiro atoms. The number of hydrogen-bond acceptors (Lipinski definition) is 2. The molecular formula is C14H18IN3O. The van der Waals surface area contributed by atoms with E-state index in [-0.39, 0.29) is 5.91 Å². The molecule has 0 unspecified atom stereocenters. The van der Waals surface area contributed by atoms with E-state index in [0.29, 0.717) is 11.7 Å². The van der Waals surface area contributed by atoms with Crippen molar-refractivity contribution in [3.8, 4) is 0 Å². The molecule has 5 heteroatoms. The fourth-order valence-electron chi connectivity index (χ4n) is 4.82. The molecule has 4 nitrogen and oxygen atoms in total. The molecule has 4 saturated carbocycles. The van der Waals surface area contributed by atoms with Crippen LogP contribution in [0.4, 0.5) is 0 Å². The summed E-state index contributed by atoms with van der Waals surface area (Å²) in [5.74, 6) is 3.37. The normalized spacial score (nSPS) is 39.5. The van der Waals surface area contributed by atoms with E-state index in [2.05, 4.69) is 38.1 Å². The number of rotatable bonds is 2. The predicted molar refractivity (Wildman–Crippen MR) is 79.6 cm³/mol. The minimum atomic E-state index is 0.0272. The van der Waals surface area contributed by atoms with Gasteiger partial charge >= 0.3 is 0 Å². The van der Waals surface area contributed by atoms with Gasteiger partial charge in [0.1, 0.15) is 5.69 Å². The zero-order valence-corrected chi connectivity index (χ0v) is 12.9. The van der Waals surface area contributed by atoms with Crippen molar-refractivity contribution in [1.82, 2.24) is 15.5 Å². The van der Waals surface area contributed by atoms with Crippen LogP contribution in [0.3, 0.4) is 0 Å². The Hall–Kier alpha value is -0.590. The summed E-state index contributed by atoms with van der Waals surface area (Å²) in [6.07, 6.45) is 8.48. The molecule has 5 rings (SSSR count). The minimum Gasteiger partial charge on any atom is -0.347 e. The molecule has 0 atom stereocenters. The Morgan fingerprint density at radius 1 is 1.21 bits per heavy atom. The molecule has 0 aromatic carbocycles. The van der Waals surface area contributed by atoms with Gasteiger partial charge in [-0.1, -0.05) is 0 Å². The number of hydrogen-bond donors (Lipinski definition) is 2. The quantitative estimate of drug-likeness (QED) is 0.786. The number of carbonyl (C=O) groups excluding carboxylic acids is 1. The Kier molecular flexibility index (Phi) is 2.86. The maximum atomic E-state index is 12.3. The number of aromatic amines is 1. The summed E-state index contributed by atoms with van der Waals surface area (Å²) in [6.45, 7) is 0. The molecule has 1 amide bonds. The number of aromatic nitrogens is 2. The Balaban J connectivity index is 1.51. The molecule has 0 radical (unpaired) electrons. The lowest BCUT2D eigenvalue weighted by atomic mass is 9.54. The van der Waals surface area contributed by atoms with Crippen LogP contribution in [-0.4, -0.2) is 22.1 Å². The SMILES string of the molecule is O=C(NC1C2CC3CC(C2)CC1C3)c1[nH]ncc1I. The molecule has 102 valence electrons. The number of carbonyl (C=O) groups is 1. The van der Waals surface area contributed by atoms with Crippen LogP contribution < -0.4 is 5.32 Å². The maximum absolute atomic E-state index is 12.3. The van der Waals surface area contributed by atoms with Crippen LogP contribution in [-0.2, 0) is 0 Å². The van der Waals surface area contributed by atoms with E-state index in [1.807, 2.05) is 0 Å². The van der Waals surface area contributed by atoms with Gasteiger partial charge < -0.3 is 5.32 Å². The van der Waals surface area contributed by atoms with Crippen LogP contribution >= 0.6 is 22.6 Å². The van der Waals surface area contributed by atoms with Gasteiger partial charge in [-0.2, -0.15) is 5.10 Å². The van der Waals surface area contributed by atoms with Crippen LogP contribution in [0.15, 0.2) is 6.20 Å². The van der Waals surface area contributed by atoms with Gasteiger partial charge in [0.05, 0.1) is 9.77 Å². The Morgan fingerprint density at radius 2 is 1.84 bits per heavy atom. The third-order valence-electron chi connectivity index (χ3n) is 5.34. The van der Waals surface area contributed by atoms with E-state index in [1.54, 1.807) is 6.20 Å². The van der Waals surface area contributed by atoms with Crippen LogP contribution in [0.2, 0.25) is 0 Å². The first-order valence-electron chi connectivity index (χ1n) is 7.20. The average Bonchev–Trinajstić information content (AvgIpc) is 2.79. The van der Waals surface area contributed by atoms with Gasteiger partial charge in [-0.25, -0.2) is 0 Å². The first kappa shape index (κ1) is 12.2. The van der Waals surface area contributed by atoms with E-state index in [0.717, 1.165) is 27.2 Å². The molecule has 4 aliphatic carbocycles. The summed E-state index contributed by atoms with van der Waals surface area (Å²) in [7, 11) is 0. The highest BCUT2D eigenvalue weighted by Crippen LogP contribution is 2.53. The molecule has 2 N–H and O–H groups in total. The van der Waals surface area contributed by atoms with Crippen molar-refractivity contribution in [3.63, 3.8) is 0 Å². The second kappa shape index (κ2) is 4.46. The summed E-state index contributed by atoms with van der Waals surface area (Å²) < 4.78 is 0.902. The van der Waals surface area contributed by atoms with Crippen molar-refractivity contribution in [2.24, 2.45) is 23.7 Å². The summed E-state index contributed by atoms with van der Waals surface area (Å²) in [6, 6.07) is 0.402. The van der Waals surface area contributed by atoms with E-state index < -0.39 is 0 Å². The molecular weight excluding hydrogens is 353 g/mol. The number of halogens is 1. The largest absolute Gasteiger partial charge is 0.347 e. The molecule has 4 aliphatic rings. The topological polar surface area (TPSA) is 57.8 Å². The molecule has 1 heterocycles. The van der Waals surface area contributed by atoms with E-state index in [4.69, 9.17) is 0 Å². The molecule has 4 fully saturated rings. The van der Waals surface area contributed by atoms with Crippen molar-refractivity contribution in [3.05, 3.63) is 15.5 Å². The van der Waals surface area contributed by atoms with Crippen LogP contribution in [0.25, 0.3) is 0 Å². The van der Waals surface area contributed by atoms with Gasteiger partial charge in [-0.3, -0.25) is 9.89 Å². The lowest BCUT2D eigenvalue weighted by Gasteiger charge is -2.54. The highest BCUT2D eigenvalue weighted by Gasteiger charge is 2.48. The van der Waals surface area contributed by atoms with Crippen molar-refractivity contribution in [2.75, 3.05) is 0 Å². The van der Waals surface area contributed by atoms with E-state index in [9.17, 15) is 4.79 Å². The van der Waals surface area contributed by atoms with Gasteiger partial charge in [-0.05, 0) is 78.4 Å². The molecule has 1 aromatic rings. The van der Waals surface area contributed by atoms with Gasteiger partial charge in [0, 0.05) is 6.04 Å². The summed E-state index contributed by atoms with van der Waals surface area (Å²) in [5, 5.41) is 10.0. The highest BCUT2D eigenvalue weighted by molar-refractivity contribution is 14.1. The van der Waals surface area contributed by atoms with Crippen LogP contribution in [0.1, 0.15) is 42.6 Å². The fraction of sp³-hybridized carbons (Fsp3) is 0.714. The molecule has 0 saturated heterocycles. The molecule has 4 bridgehead atoms. The van der Waals surface area contributed by atoms with Gasteiger partial charge in [-0.15, -0.1) is 0 Å². The zero-order chi connectivity index (χ0) is 13.0. The third kappa shape index (κ3) is 2.00. The van der Waals surface area contributed by atoms with E-state index in [1.165, 1.54) is 32.1 Å². The Morgan fingerprint density at radius 3 is 2.37 bits per heavy atom. The number of nitrogens with one attached hydrogen (secondary N) is 2. The minimum absolute atomic E-state index is 0.0272. The Labute approximate surface area is 126 Å². The van der Waals surface area contributed by atoms with Gasteiger partial charge in [0.2, 0.25) is 0 Å². The third-order valence-corrected chi connectivity index (χ3v) is 6.16. The smallest absolute Gasteiger partial charge is 0.270 e. The van der Waals surface area contributed by atoms with Crippen molar-refractivity contribution < 1.29 is 4.79 Å². The lowest BCUT2D eigenvalue weighted by Crippen LogP contribution is -2.55. The van der Waals surface area contributed by atoms with Crippen molar-refractivity contribution >= 4 is 28.5 Å². The van der Waals surface area contributed by atoms with Crippen LogP contribution in [0, 0.1) is 27.2 Å². The average molecular weight is 371 g/mol. The monoisotopic (exact) mass is 371 g/mol. The zero-order valence-electron chi connectivity index (χ0n) is 10.7. The maximum Gasteiger partial charge on any atom is 0.270 e. The second-order valence-electron chi connectivity index (χ2n) is 6.52. The number of amides is 1. The molecule has 0 aliphatic heterocycles. The molecule has 1 aromatic heterocycles. The standard InChI is InChI=1S/C14H18IN3O/c15-11-6-16-18-13(11)14(19)17-12-9-2-7-1-8(4-9)5-10(12)3-7/h6-10,12H,1-5H2,(H,16,18)(H,17,19). The predicted octanol–water partition coefficient (Wildman–Crippen LogP) is 2.57.